The van der Waals surface area contributed by atoms with Gasteiger partial charge in [0.25, 0.3) is 5.91 Å². The van der Waals surface area contributed by atoms with Gasteiger partial charge in [0.2, 0.25) is 0 Å². The number of benzene rings is 2. The number of carbonyl (C=O) groups is 1. The van der Waals surface area contributed by atoms with Crippen molar-refractivity contribution in [3.05, 3.63) is 65.7 Å². The van der Waals surface area contributed by atoms with Crippen LogP contribution in [0, 0.1) is 0 Å². The Balaban J connectivity index is 1.80. The maximum Gasteiger partial charge on any atom is 0.258 e. The van der Waals surface area contributed by atoms with E-state index in [0.29, 0.717) is 12.2 Å². The van der Waals surface area contributed by atoms with E-state index in [2.05, 4.69) is 4.98 Å². The van der Waals surface area contributed by atoms with E-state index < -0.39 is 0 Å². The van der Waals surface area contributed by atoms with Crippen LogP contribution in [0.2, 0.25) is 0 Å². The highest BCUT2D eigenvalue weighted by Gasteiger charge is 2.15. The van der Waals surface area contributed by atoms with Crippen molar-refractivity contribution >= 4 is 33.1 Å². The number of rotatable bonds is 5. The van der Waals surface area contributed by atoms with Crippen LogP contribution in [0.4, 0.5) is 5.69 Å². The van der Waals surface area contributed by atoms with Gasteiger partial charge >= 0.3 is 0 Å². The lowest BCUT2D eigenvalue weighted by Gasteiger charge is -2.18. The molecule has 0 radical (unpaired) electrons. The minimum Gasteiger partial charge on any atom is -0.489 e. The molecule has 0 unspecified atom stereocenters. The number of anilines is 1. The first-order valence-electron chi connectivity index (χ1n) is 7.64. The molecule has 5 heteroatoms. The summed E-state index contributed by atoms with van der Waals surface area (Å²) >= 11 is 1.53. The number of amides is 1. The van der Waals surface area contributed by atoms with E-state index in [0.717, 1.165) is 21.7 Å². The predicted molar refractivity (Wildman–Crippen MR) is 99.1 cm³/mol. The monoisotopic (exact) mass is 338 g/mol. The number of nitrogens with zero attached hydrogens (tertiary/aromatic N) is 2. The Morgan fingerprint density at radius 3 is 3.00 bits per heavy atom. The SMILES string of the molecule is CC=CCOc1cccc(N(C)C(=O)c2ccc3ncsc3c2)c1. The van der Waals surface area contributed by atoms with Gasteiger partial charge in [0.05, 0.1) is 15.7 Å². The van der Waals surface area contributed by atoms with Crippen molar-refractivity contribution in [2.75, 3.05) is 18.6 Å². The van der Waals surface area contributed by atoms with Crippen LogP contribution in [0.15, 0.2) is 60.1 Å². The molecule has 3 rings (SSSR count). The van der Waals surface area contributed by atoms with Crippen LogP contribution in [0.1, 0.15) is 17.3 Å². The van der Waals surface area contributed by atoms with E-state index in [-0.39, 0.29) is 5.91 Å². The molecule has 0 aliphatic carbocycles. The highest BCUT2D eigenvalue weighted by molar-refractivity contribution is 7.16. The molecule has 0 atom stereocenters. The van der Waals surface area contributed by atoms with Crippen LogP contribution in [0.3, 0.4) is 0 Å². The van der Waals surface area contributed by atoms with Crippen LogP contribution in [0.5, 0.6) is 5.75 Å². The van der Waals surface area contributed by atoms with Gasteiger partial charge in [-0.1, -0.05) is 18.2 Å². The summed E-state index contributed by atoms with van der Waals surface area (Å²) in [6, 6.07) is 13.1. The second kappa shape index (κ2) is 7.27. The van der Waals surface area contributed by atoms with Gasteiger partial charge in [-0.2, -0.15) is 0 Å². The van der Waals surface area contributed by atoms with Crippen LogP contribution in [0.25, 0.3) is 10.2 Å². The Kier molecular flexibility index (Phi) is 4.91. The summed E-state index contributed by atoms with van der Waals surface area (Å²) in [6.07, 6.45) is 3.88. The van der Waals surface area contributed by atoms with E-state index in [4.69, 9.17) is 4.74 Å². The summed E-state index contributed by atoms with van der Waals surface area (Å²) in [5.41, 5.74) is 4.14. The van der Waals surface area contributed by atoms with Crippen LogP contribution in [-0.4, -0.2) is 24.5 Å². The largest absolute Gasteiger partial charge is 0.489 e. The fourth-order valence-corrected chi connectivity index (χ4v) is 3.04. The summed E-state index contributed by atoms with van der Waals surface area (Å²) in [7, 11) is 1.77. The fourth-order valence-electron chi connectivity index (χ4n) is 2.32. The van der Waals surface area contributed by atoms with Gasteiger partial charge in [-0.05, 0) is 37.3 Å². The van der Waals surface area contributed by atoms with Crippen LogP contribution < -0.4 is 9.64 Å². The molecule has 0 saturated heterocycles. The molecular formula is C19H18N2O2S. The smallest absolute Gasteiger partial charge is 0.258 e. The lowest BCUT2D eigenvalue weighted by Crippen LogP contribution is -2.26. The van der Waals surface area contributed by atoms with Crippen molar-refractivity contribution in [2.45, 2.75) is 6.92 Å². The number of hydrogen-bond acceptors (Lipinski definition) is 4. The number of aromatic nitrogens is 1. The molecule has 0 fully saturated rings. The average molecular weight is 338 g/mol. The first kappa shape index (κ1) is 16.2. The normalized spacial score (nSPS) is 11.1. The van der Waals surface area contributed by atoms with Crippen LogP contribution in [-0.2, 0) is 0 Å². The van der Waals surface area contributed by atoms with E-state index in [9.17, 15) is 4.79 Å². The van der Waals surface area contributed by atoms with Gasteiger partial charge in [-0.15, -0.1) is 11.3 Å². The molecule has 0 aliphatic rings. The van der Waals surface area contributed by atoms with E-state index in [1.165, 1.54) is 11.3 Å². The zero-order valence-corrected chi connectivity index (χ0v) is 14.4. The minimum atomic E-state index is -0.0593. The summed E-state index contributed by atoms with van der Waals surface area (Å²) in [5.74, 6) is 0.680. The van der Waals surface area contributed by atoms with Gasteiger partial charge in [0.15, 0.2) is 0 Å². The van der Waals surface area contributed by atoms with Crippen molar-refractivity contribution < 1.29 is 9.53 Å². The second-order valence-electron chi connectivity index (χ2n) is 5.28. The zero-order valence-electron chi connectivity index (χ0n) is 13.6. The highest BCUT2D eigenvalue weighted by atomic mass is 32.1. The molecule has 122 valence electrons. The van der Waals surface area contributed by atoms with Crippen molar-refractivity contribution in [2.24, 2.45) is 0 Å². The molecule has 3 aromatic rings. The quantitative estimate of drug-likeness (QED) is 0.642. The van der Waals surface area contributed by atoms with Crippen molar-refractivity contribution in [3.63, 3.8) is 0 Å². The van der Waals surface area contributed by atoms with Gasteiger partial charge in [-0.25, -0.2) is 4.98 Å². The fraction of sp³-hybridized carbons (Fsp3) is 0.158. The third-order valence-electron chi connectivity index (χ3n) is 3.67. The van der Waals surface area contributed by atoms with Crippen molar-refractivity contribution in [3.8, 4) is 5.75 Å². The van der Waals surface area contributed by atoms with Crippen molar-refractivity contribution in [1.29, 1.82) is 0 Å². The Bertz CT molecular complexity index is 886. The Morgan fingerprint density at radius 2 is 2.17 bits per heavy atom. The lowest BCUT2D eigenvalue weighted by molar-refractivity contribution is 0.0993. The summed E-state index contributed by atoms with van der Waals surface area (Å²) in [6.45, 7) is 2.46. The molecule has 0 N–H and O–H groups in total. The molecule has 0 bridgehead atoms. The number of ether oxygens (including phenoxy) is 1. The molecule has 24 heavy (non-hydrogen) atoms. The summed E-state index contributed by atoms with van der Waals surface area (Å²) in [4.78, 5) is 18.6. The number of hydrogen-bond donors (Lipinski definition) is 0. The third-order valence-corrected chi connectivity index (χ3v) is 4.46. The molecule has 0 aliphatic heterocycles. The number of thiazole rings is 1. The van der Waals surface area contributed by atoms with Gasteiger partial charge in [-0.3, -0.25) is 4.79 Å². The Hall–Kier alpha value is -2.66. The first-order valence-corrected chi connectivity index (χ1v) is 8.52. The molecule has 0 saturated carbocycles. The number of allylic oxidation sites excluding steroid dienone is 1. The van der Waals surface area contributed by atoms with E-state index in [1.54, 1.807) is 17.5 Å². The number of carbonyl (C=O) groups excluding carboxylic acids is 1. The minimum absolute atomic E-state index is 0.0593. The molecular weight excluding hydrogens is 320 g/mol. The standard InChI is InChI=1S/C19H18N2O2S/c1-3-4-10-23-16-7-5-6-15(12-16)21(2)19(22)14-8-9-17-18(11-14)24-13-20-17/h3-9,11-13H,10H2,1-2H3. The summed E-state index contributed by atoms with van der Waals surface area (Å²) in [5, 5.41) is 0. The van der Waals surface area contributed by atoms with Crippen LogP contribution >= 0.6 is 11.3 Å². The van der Waals surface area contributed by atoms with Gasteiger partial charge in [0.1, 0.15) is 12.4 Å². The van der Waals surface area contributed by atoms with Gasteiger partial charge in [0, 0.05) is 24.4 Å². The Labute approximate surface area is 145 Å². The molecule has 1 aromatic heterocycles. The molecule has 0 spiro atoms. The maximum absolute atomic E-state index is 12.7. The predicted octanol–water partition coefficient (Wildman–Crippen LogP) is 4.53. The second-order valence-corrected chi connectivity index (χ2v) is 6.16. The molecule has 4 nitrogen and oxygen atoms in total. The topological polar surface area (TPSA) is 42.4 Å². The van der Waals surface area contributed by atoms with Crippen molar-refractivity contribution in [1.82, 2.24) is 4.98 Å². The maximum atomic E-state index is 12.7. The average Bonchev–Trinajstić information content (AvgIpc) is 3.08. The molecule has 1 heterocycles. The number of fused-ring (bicyclic) bond motifs is 1. The van der Waals surface area contributed by atoms with E-state index in [1.807, 2.05) is 61.5 Å². The van der Waals surface area contributed by atoms with Gasteiger partial charge < -0.3 is 9.64 Å². The summed E-state index contributed by atoms with van der Waals surface area (Å²) < 4.78 is 6.65. The third kappa shape index (κ3) is 3.46. The Morgan fingerprint density at radius 1 is 1.29 bits per heavy atom. The van der Waals surface area contributed by atoms with E-state index >= 15 is 0 Å². The highest BCUT2D eigenvalue weighted by Crippen LogP contribution is 2.24. The molecule has 2 aromatic carbocycles. The first-order chi connectivity index (χ1) is 11.7. The molecule has 1 amide bonds. The lowest BCUT2D eigenvalue weighted by atomic mass is 10.1. The zero-order chi connectivity index (χ0) is 16.9.